The van der Waals surface area contributed by atoms with E-state index in [4.69, 9.17) is 14.9 Å². The number of carboxylic acid groups (broad SMARTS) is 1. The van der Waals surface area contributed by atoms with Gasteiger partial charge in [-0.05, 0) is 23.8 Å². The van der Waals surface area contributed by atoms with Crippen molar-refractivity contribution in [2.75, 3.05) is 0 Å². The summed E-state index contributed by atoms with van der Waals surface area (Å²) in [6, 6.07) is 7.96. The van der Waals surface area contributed by atoms with E-state index in [9.17, 15) is 4.79 Å². The van der Waals surface area contributed by atoms with E-state index < -0.39 is 5.97 Å². The quantitative estimate of drug-likeness (QED) is 0.848. The second-order valence-corrected chi connectivity index (χ2v) is 3.44. The van der Waals surface area contributed by atoms with Gasteiger partial charge in [0.05, 0.1) is 6.61 Å². The largest absolute Gasteiger partial charge is 0.477 e. The zero-order chi connectivity index (χ0) is 13.0. The summed E-state index contributed by atoms with van der Waals surface area (Å²) in [7, 11) is 0. The number of ether oxygens (including phenoxy) is 1. The Labute approximate surface area is 103 Å². The second-order valence-electron chi connectivity index (χ2n) is 3.44. The minimum atomic E-state index is -1.15. The van der Waals surface area contributed by atoms with Crippen molar-refractivity contribution in [2.45, 2.75) is 6.61 Å². The fraction of sp³-hybridized carbons (Fsp3) is 0.0833. The Morgan fingerprint density at radius 2 is 2.17 bits per heavy atom. The van der Waals surface area contributed by atoms with Crippen LogP contribution in [0.4, 0.5) is 0 Å². The van der Waals surface area contributed by atoms with E-state index in [1.807, 2.05) is 0 Å². The predicted octanol–water partition coefficient (Wildman–Crippen LogP) is 1.46. The zero-order valence-corrected chi connectivity index (χ0v) is 9.28. The van der Waals surface area contributed by atoms with E-state index in [1.54, 1.807) is 24.3 Å². The van der Waals surface area contributed by atoms with Crippen LogP contribution in [0.2, 0.25) is 0 Å². The molecule has 1 heterocycles. The van der Waals surface area contributed by atoms with Crippen LogP contribution >= 0.6 is 0 Å². The number of nitrogens with zero attached hydrogens (tertiary/aromatic N) is 2. The third-order valence-corrected chi connectivity index (χ3v) is 2.14. The highest BCUT2D eigenvalue weighted by atomic mass is 16.5. The molecule has 1 aromatic carbocycles. The second kappa shape index (κ2) is 5.24. The van der Waals surface area contributed by atoms with Crippen molar-refractivity contribution in [3.05, 3.63) is 47.8 Å². The van der Waals surface area contributed by atoms with Crippen molar-refractivity contribution in [3.63, 3.8) is 0 Å². The number of aliphatic hydroxyl groups is 1. The summed E-state index contributed by atoms with van der Waals surface area (Å²) in [4.78, 5) is 18.3. The predicted molar refractivity (Wildman–Crippen MR) is 61.4 cm³/mol. The maximum atomic E-state index is 10.7. The molecule has 0 aliphatic carbocycles. The summed E-state index contributed by atoms with van der Waals surface area (Å²) >= 11 is 0. The normalized spacial score (nSPS) is 10.1. The van der Waals surface area contributed by atoms with Gasteiger partial charge in [-0.25, -0.2) is 9.78 Å². The fourth-order valence-electron chi connectivity index (χ4n) is 1.32. The molecule has 2 rings (SSSR count). The first kappa shape index (κ1) is 12.0. The molecule has 0 amide bonds. The number of aromatic nitrogens is 2. The molecule has 6 heteroatoms. The molecule has 0 aliphatic rings. The van der Waals surface area contributed by atoms with E-state index in [-0.39, 0.29) is 18.3 Å². The summed E-state index contributed by atoms with van der Waals surface area (Å²) in [5.74, 6) is -0.713. The molecule has 18 heavy (non-hydrogen) atoms. The summed E-state index contributed by atoms with van der Waals surface area (Å²) in [6.45, 7) is -0.104. The van der Waals surface area contributed by atoms with Gasteiger partial charge in [-0.3, -0.25) is 0 Å². The first-order valence-electron chi connectivity index (χ1n) is 5.13. The molecule has 0 saturated carbocycles. The molecule has 0 saturated heterocycles. The van der Waals surface area contributed by atoms with Crippen LogP contribution in [-0.2, 0) is 6.61 Å². The lowest BCUT2D eigenvalue weighted by atomic mass is 10.2. The molecule has 0 atom stereocenters. The lowest BCUT2D eigenvalue weighted by Crippen LogP contribution is -2.02. The lowest BCUT2D eigenvalue weighted by Gasteiger charge is -2.05. The number of aromatic carboxylic acids is 1. The van der Waals surface area contributed by atoms with Crippen LogP contribution in [0, 0.1) is 0 Å². The van der Waals surface area contributed by atoms with Crippen molar-refractivity contribution >= 4 is 5.97 Å². The number of benzene rings is 1. The Hall–Kier alpha value is -2.47. The minimum absolute atomic E-state index is 0.0509. The maximum Gasteiger partial charge on any atom is 0.354 e. The Morgan fingerprint density at radius 1 is 1.33 bits per heavy atom. The molecule has 0 spiro atoms. The summed E-state index contributed by atoms with van der Waals surface area (Å²) in [6.07, 6.45) is 1.31. The van der Waals surface area contributed by atoms with Gasteiger partial charge in [0.15, 0.2) is 5.69 Å². The number of carboxylic acids is 1. The van der Waals surface area contributed by atoms with Gasteiger partial charge in [0.1, 0.15) is 5.75 Å². The Morgan fingerprint density at radius 3 is 2.89 bits per heavy atom. The highest BCUT2D eigenvalue weighted by Crippen LogP contribution is 2.19. The zero-order valence-electron chi connectivity index (χ0n) is 9.28. The Balaban J connectivity index is 2.22. The van der Waals surface area contributed by atoms with Gasteiger partial charge in [-0.1, -0.05) is 12.1 Å². The van der Waals surface area contributed by atoms with Gasteiger partial charge < -0.3 is 14.9 Å². The molecule has 0 fully saturated rings. The van der Waals surface area contributed by atoms with Crippen LogP contribution in [-0.4, -0.2) is 26.2 Å². The first-order valence-corrected chi connectivity index (χ1v) is 5.13. The number of carbonyl (C=O) groups is 1. The fourth-order valence-corrected chi connectivity index (χ4v) is 1.32. The Bertz CT molecular complexity index is 572. The monoisotopic (exact) mass is 246 g/mol. The van der Waals surface area contributed by atoms with Crippen molar-refractivity contribution < 1.29 is 19.7 Å². The third-order valence-electron chi connectivity index (χ3n) is 2.14. The minimum Gasteiger partial charge on any atom is -0.477 e. The molecule has 2 N–H and O–H groups in total. The van der Waals surface area contributed by atoms with Crippen molar-refractivity contribution in [1.29, 1.82) is 0 Å². The summed E-state index contributed by atoms with van der Waals surface area (Å²) in [5, 5.41) is 17.8. The lowest BCUT2D eigenvalue weighted by molar-refractivity contribution is 0.0689. The topological polar surface area (TPSA) is 92.5 Å². The highest BCUT2D eigenvalue weighted by Gasteiger charge is 2.07. The molecule has 0 bridgehead atoms. The number of aliphatic hydroxyl groups excluding tert-OH is 1. The summed E-state index contributed by atoms with van der Waals surface area (Å²) < 4.78 is 5.32. The van der Waals surface area contributed by atoms with Gasteiger partial charge in [-0.15, -0.1) is 0 Å². The van der Waals surface area contributed by atoms with Crippen LogP contribution in [0.25, 0.3) is 0 Å². The van der Waals surface area contributed by atoms with Crippen molar-refractivity contribution in [3.8, 4) is 11.8 Å². The standard InChI is InChI=1S/C12H10N2O4/c15-7-8-2-1-3-9(6-8)18-12-13-5-4-10(14-12)11(16)17/h1-6,15H,7H2,(H,16,17). The number of hydrogen-bond acceptors (Lipinski definition) is 5. The molecule has 2 aromatic rings. The molecular formula is C12H10N2O4. The van der Waals surface area contributed by atoms with E-state index in [0.29, 0.717) is 11.3 Å². The van der Waals surface area contributed by atoms with Crippen LogP contribution in [0.5, 0.6) is 11.8 Å². The third kappa shape index (κ3) is 2.80. The van der Waals surface area contributed by atoms with E-state index >= 15 is 0 Å². The number of hydrogen-bond donors (Lipinski definition) is 2. The van der Waals surface area contributed by atoms with Crippen molar-refractivity contribution in [2.24, 2.45) is 0 Å². The van der Waals surface area contributed by atoms with Crippen LogP contribution in [0.15, 0.2) is 36.5 Å². The SMILES string of the molecule is O=C(O)c1ccnc(Oc2cccc(CO)c2)n1. The maximum absolute atomic E-state index is 10.7. The molecule has 1 aromatic heterocycles. The number of rotatable bonds is 4. The molecule has 92 valence electrons. The van der Waals surface area contributed by atoms with Gasteiger partial charge >= 0.3 is 12.0 Å². The van der Waals surface area contributed by atoms with E-state index in [2.05, 4.69) is 9.97 Å². The highest BCUT2D eigenvalue weighted by molar-refractivity contribution is 5.85. The first-order chi connectivity index (χ1) is 8.69. The molecule has 0 unspecified atom stereocenters. The summed E-state index contributed by atoms with van der Waals surface area (Å²) in [5.41, 5.74) is 0.542. The van der Waals surface area contributed by atoms with Gasteiger partial charge in [0.25, 0.3) is 0 Å². The van der Waals surface area contributed by atoms with E-state index in [0.717, 1.165) is 0 Å². The molecular weight excluding hydrogens is 236 g/mol. The average Bonchev–Trinajstić information content (AvgIpc) is 2.39. The van der Waals surface area contributed by atoms with Gasteiger partial charge in [0.2, 0.25) is 0 Å². The average molecular weight is 246 g/mol. The van der Waals surface area contributed by atoms with Crippen molar-refractivity contribution in [1.82, 2.24) is 9.97 Å². The van der Waals surface area contributed by atoms with Crippen LogP contribution in [0.1, 0.15) is 16.1 Å². The Kier molecular flexibility index (Phi) is 3.49. The van der Waals surface area contributed by atoms with Gasteiger partial charge in [-0.2, -0.15) is 4.98 Å². The molecule has 0 radical (unpaired) electrons. The molecule has 0 aliphatic heterocycles. The molecule has 6 nitrogen and oxygen atoms in total. The van der Waals surface area contributed by atoms with E-state index in [1.165, 1.54) is 12.3 Å². The van der Waals surface area contributed by atoms with Crippen LogP contribution in [0.3, 0.4) is 0 Å². The van der Waals surface area contributed by atoms with Gasteiger partial charge in [0, 0.05) is 6.20 Å². The van der Waals surface area contributed by atoms with Crippen LogP contribution < -0.4 is 4.74 Å². The smallest absolute Gasteiger partial charge is 0.354 e.